The highest BCUT2D eigenvalue weighted by Gasteiger charge is 2.20. The average molecular weight is 320 g/mol. The van der Waals surface area contributed by atoms with Crippen LogP contribution in [0.2, 0.25) is 0 Å². The summed E-state index contributed by atoms with van der Waals surface area (Å²) in [6.07, 6.45) is 2.29. The summed E-state index contributed by atoms with van der Waals surface area (Å²) in [5, 5.41) is 18.6. The maximum Gasteiger partial charge on any atom is 0.317 e. The molecule has 0 spiro atoms. The van der Waals surface area contributed by atoms with E-state index in [4.69, 9.17) is 0 Å². The summed E-state index contributed by atoms with van der Waals surface area (Å²) in [6, 6.07) is 8.16. The van der Waals surface area contributed by atoms with Crippen LogP contribution in [-0.2, 0) is 17.9 Å². The standard InChI is InChI=1S/C16H20N2O3S/c1-3-14(15(20)21)22-16-17-13(10-19)9-18(16)8-12-6-4-11(2)5-7-12/h4-7,9,14,19H,3,8,10H2,1-2H3,(H,20,21)/t14-/m1/s1. The highest BCUT2D eigenvalue weighted by atomic mass is 32.2. The molecule has 0 unspecified atom stereocenters. The van der Waals surface area contributed by atoms with Crippen LogP contribution < -0.4 is 0 Å². The van der Waals surface area contributed by atoms with Crippen molar-refractivity contribution in [2.45, 2.75) is 43.8 Å². The Balaban J connectivity index is 2.24. The molecule has 0 amide bonds. The number of nitrogens with zero attached hydrogens (tertiary/aromatic N) is 2. The molecule has 1 atom stereocenters. The zero-order chi connectivity index (χ0) is 16.1. The third-order valence-corrected chi connectivity index (χ3v) is 4.68. The Hall–Kier alpha value is -1.79. The van der Waals surface area contributed by atoms with Crippen LogP contribution in [0.3, 0.4) is 0 Å². The fraction of sp³-hybridized carbons (Fsp3) is 0.375. The first-order valence-electron chi connectivity index (χ1n) is 7.15. The molecule has 2 N–H and O–H groups in total. The van der Waals surface area contributed by atoms with E-state index in [9.17, 15) is 15.0 Å². The summed E-state index contributed by atoms with van der Waals surface area (Å²) in [6.45, 7) is 4.32. The van der Waals surface area contributed by atoms with Gasteiger partial charge in [0.2, 0.25) is 0 Å². The Morgan fingerprint density at radius 3 is 2.59 bits per heavy atom. The van der Waals surface area contributed by atoms with Crippen molar-refractivity contribution >= 4 is 17.7 Å². The Morgan fingerprint density at radius 2 is 2.05 bits per heavy atom. The number of hydrogen-bond acceptors (Lipinski definition) is 4. The number of rotatable bonds is 7. The van der Waals surface area contributed by atoms with Crippen LogP contribution in [0.5, 0.6) is 0 Å². The monoisotopic (exact) mass is 320 g/mol. The summed E-state index contributed by atoms with van der Waals surface area (Å²) >= 11 is 1.22. The number of aliphatic hydroxyl groups excluding tert-OH is 1. The van der Waals surface area contributed by atoms with Gasteiger partial charge in [0, 0.05) is 12.7 Å². The molecule has 118 valence electrons. The number of carbonyl (C=O) groups is 1. The molecule has 1 aromatic carbocycles. The zero-order valence-corrected chi connectivity index (χ0v) is 13.5. The number of carboxylic acid groups (broad SMARTS) is 1. The molecule has 5 nitrogen and oxygen atoms in total. The molecule has 0 radical (unpaired) electrons. The largest absolute Gasteiger partial charge is 0.480 e. The maximum atomic E-state index is 11.2. The van der Waals surface area contributed by atoms with Crippen molar-refractivity contribution in [1.82, 2.24) is 9.55 Å². The summed E-state index contributed by atoms with van der Waals surface area (Å²) < 4.78 is 1.90. The highest BCUT2D eigenvalue weighted by Crippen LogP contribution is 2.26. The van der Waals surface area contributed by atoms with Crippen LogP contribution in [0, 0.1) is 6.92 Å². The average Bonchev–Trinajstić information content (AvgIpc) is 2.88. The van der Waals surface area contributed by atoms with E-state index >= 15 is 0 Å². The van der Waals surface area contributed by atoms with Crippen molar-refractivity contribution in [1.29, 1.82) is 0 Å². The number of benzene rings is 1. The molecule has 0 aliphatic heterocycles. The Bertz CT molecular complexity index is 637. The number of aromatic nitrogens is 2. The van der Waals surface area contributed by atoms with Crippen LogP contribution in [0.1, 0.15) is 30.2 Å². The lowest BCUT2D eigenvalue weighted by atomic mass is 10.1. The van der Waals surface area contributed by atoms with Gasteiger partial charge in [-0.05, 0) is 18.9 Å². The van der Waals surface area contributed by atoms with Gasteiger partial charge in [0.15, 0.2) is 5.16 Å². The van der Waals surface area contributed by atoms with Crippen molar-refractivity contribution in [2.24, 2.45) is 0 Å². The van der Waals surface area contributed by atoms with Crippen LogP contribution in [0.4, 0.5) is 0 Å². The van der Waals surface area contributed by atoms with E-state index in [-0.39, 0.29) is 6.61 Å². The smallest absolute Gasteiger partial charge is 0.317 e. The predicted molar refractivity (Wildman–Crippen MR) is 86.0 cm³/mol. The molecule has 2 rings (SSSR count). The van der Waals surface area contributed by atoms with Gasteiger partial charge < -0.3 is 14.8 Å². The van der Waals surface area contributed by atoms with Gasteiger partial charge in [0.05, 0.1) is 12.3 Å². The second-order valence-corrected chi connectivity index (χ2v) is 6.31. The molecular weight excluding hydrogens is 300 g/mol. The number of imidazole rings is 1. The lowest BCUT2D eigenvalue weighted by Gasteiger charge is -2.11. The van der Waals surface area contributed by atoms with E-state index in [0.29, 0.717) is 23.8 Å². The second-order valence-electron chi connectivity index (χ2n) is 5.14. The Morgan fingerprint density at radius 1 is 1.36 bits per heavy atom. The minimum atomic E-state index is -0.845. The lowest BCUT2D eigenvalue weighted by molar-refractivity contribution is -0.136. The number of hydrogen-bond donors (Lipinski definition) is 2. The summed E-state index contributed by atoms with van der Waals surface area (Å²) in [5.74, 6) is -0.845. The quantitative estimate of drug-likeness (QED) is 0.767. The minimum Gasteiger partial charge on any atom is -0.480 e. The van der Waals surface area contributed by atoms with Gasteiger partial charge in [0.25, 0.3) is 0 Å². The summed E-state index contributed by atoms with van der Waals surface area (Å²) in [7, 11) is 0. The first kappa shape index (κ1) is 16.6. The molecule has 1 heterocycles. The fourth-order valence-electron chi connectivity index (χ4n) is 2.06. The third-order valence-electron chi connectivity index (χ3n) is 3.32. The molecule has 6 heteroatoms. The van der Waals surface area contributed by atoms with Gasteiger partial charge >= 0.3 is 5.97 Å². The molecule has 0 bridgehead atoms. The molecule has 1 aromatic heterocycles. The SMILES string of the molecule is CC[C@@H](Sc1nc(CO)cn1Cc1ccc(C)cc1)C(=O)O. The van der Waals surface area contributed by atoms with Crippen molar-refractivity contribution in [3.05, 3.63) is 47.3 Å². The zero-order valence-electron chi connectivity index (χ0n) is 12.7. The van der Waals surface area contributed by atoms with Crippen molar-refractivity contribution in [2.75, 3.05) is 0 Å². The van der Waals surface area contributed by atoms with Gasteiger partial charge in [0.1, 0.15) is 5.25 Å². The molecular formula is C16H20N2O3S. The van der Waals surface area contributed by atoms with Gasteiger partial charge in [-0.15, -0.1) is 0 Å². The Kier molecular flexibility index (Phi) is 5.63. The van der Waals surface area contributed by atoms with E-state index in [1.165, 1.54) is 17.3 Å². The molecule has 0 aliphatic rings. The van der Waals surface area contributed by atoms with Gasteiger partial charge in [-0.2, -0.15) is 0 Å². The second kappa shape index (κ2) is 7.47. The normalized spacial score (nSPS) is 12.3. The van der Waals surface area contributed by atoms with E-state index < -0.39 is 11.2 Å². The van der Waals surface area contributed by atoms with Crippen LogP contribution >= 0.6 is 11.8 Å². The molecule has 22 heavy (non-hydrogen) atoms. The molecule has 0 saturated heterocycles. The maximum absolute atomic E-state index is 11.2. The lowest BCUT2D eigenvalue weighted by Crippen LogP contribution is -2.16. The minimum absolute atomic E-state index is 0.154. The number of aliphatic carboxylic acids is 1. The highest BCUT2D eigenvalue weighted by molar-refractivity contribution is 8.00. The fourth-order valence-corrected chi connectivity index (χ4v) is 3.00. The molecule has 0 aliphatic carbocycles. The predicted octanol–water partition coefficient (Wildman–Crippen LogP) is 2.69. The Labute approximate surface area is 134 Å². The first-order chi connectivity index (χ1) is 10.5. The summed E-state index contributed by atoms with van der Waals surface area (Å²) in [5.41, 5.74) is 2.85. The molecule has 0 saturated carbocycles. The van der Waals surface area contributed by atoms with Gasteiger partial charge in [-0.3, -0.25) is 4.79 Å². The number of thioether (sulfide) groups is 1. The van der Waals surface area contributed by atoms with Crippen LogP contribution in [-0.4, -0.2) is 31.0 Å². The number of aryl methyl sites for hydroxylation is 1. The third kappa shape index (κ3) is 4.11. The molecule has 2 aromatic rings. The van der Waals surface area contributed by atoms with Crippen LogP contribution in [0.15, 0.2) is 35.6 Å². The van der Waals surface area contributed by atoms with E-state index in [1.54, 1.807) is 6.20 Å². The van der Waals surface area contributed by atoms with Gasteiger partial charge in [-0.1, -0.05) is 48.5 Å². The molecule has 0 fully saturated rings. The first-order valence-corrected chi connectivity index (χ1v) is 8.03. The van der Waals surface area contributed by atoms with E-state index in [0.717, 1.165) is 5.56 Å². The van der Waals surface area contributed by atoms with E-state index in [2.05, 4.69) is 4.98 Å². The van der Waals surface area contributed by atoms with Crippen molar-refractivity contribution in [3.8, 4) is 0 Å². The van der Waals surface area contributed by atoms with Gasteiger partial charge in [-0.25, -0.2) is 4.98 Å². The number of carboxylic acids is 1. The van der Waals surface area contributed by atoms with Crippen LogP contribution in [0.25, 0.3) is 0 Å². The topological polar surface area (TPSA) is 75.4 Å². The summed E-state index contributed by atoms with van der Waals surface area (Å²) in [4.78, 5) is 15.5. The van der Waals surface area contributed by atoms with Crippen molar-refractivity contribution < 1.29 is 15.0 Å². The van der Waals surface area contributed by atoms with E-state index in [1.807, 2.05) is 42.7 Å². The number of aliphatic hydroxyl groups is 1. The van der Waals surface area contributed by atoms with Crippen molar-refractivity contribution in [3.63, 3.8) is 0 Å².